The third kappa shape index (κ3) is 5.26. The molecule has 2 heterocycles. The molecule has 1 saturated heterocycles. The summed E-state index contributed by atoms with van der Waals surface area (Å²) in [6.45, 7) is 6.92. The highest BCUT2D eigenvalue weighted by molar-refractivity contribution is 5.06. The van der Waals surface area contributed by atoms with Crippen LogP contribution in [0.3, 0.4) is 0 Å². The SMILES string of the molecule is CC(C)c1ccccn1.CN1CCCCC1. The highest BCUT2D eigenvalue weighted by Gasteiger charge is 2.02. The molecule has 0 radical (unpaired) electrons. The molecule has 0 bridgehead atoms. The number of pyridine rings is 1. The third-order valence-corrected chi connectivity index (χ3v) is 2.86. The smallest absolute Gasteiger partial charge is 0.0428 e. The van der Waals surface area contributed by atoms with Crippen molar-refractivity contribution in [3.8, 4) is 0 Å². The first kappa shape index (κ1) is 13.2. The van der Waals surface area contributed by atoms with Gasteiger partial charge in [0.05, 0.1) is 0 Å². The molecular formula is C14H24N2. The molecule has 1 aliphatic heterocycles. The van der Waals surface area contributed by atoms with Crippen LogP contribution in [-0.2, 0) is 0 Å². The molecule has 2 nitrogen and oxygen atoms in total. The molecule has 2 heteroatoms. The zero-order valence-electron chi connectivity index (χ0n) is 10.8. The Morgan fingerprint density at radius 1 is 1.12 bits per heavy atom. The van der Waals surface area contributed by atoms with Gasteiger partial charge in [0.25, 0.3) is 0 Å². The van der Waals surface area contributed by atoms with Crippen molar-refractivity contribution in [3.05, 3.63) is 30.1 Å². The molecule has 0 spiro atoms. The van der Waals surface area contributed by atoms with Gasteiger partial charge >= 0.3 is 0 Å². The Morgan fingerprint density at radius 3 is 2.12 bits per heavy atom. The van der Waals surface area contributed by atoms with Crippen LogP contribution in [0, 0.1) is 0 Å². The van der Waals surface area contributed by atoms with Crippen molar-refractivity contribution in [2.24, 2.45) is 0 Å². The van der Waals surface area contributed by atoms with Crippen LogP contribution < -0.4 is 0 Å². The lowest BCUT2D eigenvalue weighted by molar-refractivity contribution is 0.277. The summed E-state index contributed by atoms with van der Waals surface area (Å²) in [5, 5.41) is 0. The van der Waals surface area contributed by atoms with Gasteiger partial charge < -0.3 is 4.90 Å². The highest BCUT2D eigenvalue weighted by Crippen LogP contribution is 2.08. The van der Waals surface area contributed by atoms with E-state index in [-0.39, 0.29) is 0 Å². The summed E-state index contributed by atoms with van der Waals surface area (Å²) in [5.41, 5.74) is 1.16. The van der Waals surface area contributed by atoms with Gasteiger partial charge in [-0.15, -0.1) is 0 Å². The second-order valence-corrected chi connectivity index (χ2v) is 4.77. The van der Waals surface area contributed by atoms with E-state index in [2.05, 4.69) is 30.8 Å². The maximum absolute atomic E-state index is 4.18. The van der Waals surface area contributed by atoms with Gasteiger partial charge in [0.1, 0.15) is 0 Å². The molecule has 0 unspecified atom stereocenters. The molecule has 1 fully saturated rings. The number of likely N-dealkylation sites (tertiary alicyclic amines) is 1. The molecule has 0 aromatic carbocycles. The Morgan fingerprint density at radius 2 is 1.81 bits per heavy atom. The predicted octanol–water partition coefficient (Wildman–Crippen LogP) is 3.31. The van der Waals surface area contributed by atoms with E-state index >= 15 is 0 Å². The lowest BCUT2D eigenvalue weighted by Crippen LogP contribution is -2.24. The van der Waals surface area contributed by atoms with E-state index in [0.717, 1.165) is 5.69 Å². The fraction of sp³-hybridized carbons (Fsp3) is 0.643. The van der Waals surface area contributed by atoms with Gasteiger partial charge in [-0.2, -0.15) is 0 Å². The first-order valence-electron chi connectivity index (χ1n) is 6.29. The van der Waals surface area contributed by atoms with Gasteiger partial charge in [0, 0.05) is 11.9 Å². The van der Waals surface area contributed by atoms with Gasteiger partial charge in [0.15, 0.2) is 0 Å². The molecule has 0 atom stereocenters. The van der Waals surface area contributed by atoms with E-state index in [1.807, 2.05) is 24.4 Å². The number of hydrogen-bond donors (Lipinski definition) is 0. The monoisotopic (exact) mass is 220 g/mol. The second kappa shape index (κ2) is 7.39. The summed E-state index contributed by atoms with van der Waals surface area (Å²) in [5.74, 6) is 0.547. The van der Waals surface area contributed by atoms with Gasteiger partial charge in [0.2, 0.25) is 0 Å². The van der Waals surface area contributed by atoms with Crippen LogP contribution in [0.2, 0.25) is 0 Å². The Balaban J connectivity index is 0.000000165. The fourth-order valence-corrected chi connectivity index (χ4v) is 1.77. The van der Waals surface area contributed by atoms with Gasteiger partial charge in [-0.05, 0) is 51.0 Å². The molecule has 0 amide bonds. The van der Waals surface area contributed by atoms with Crippen LogP contribution >= 0.6 is 0 Å². The highest BCUT2D eigenvalue weighted by atomic mass is 15.1. The minimum atomic E-state index is 0.547. The quantitative estimate of drug-likeness (QED) is 0.722. The third-order valence-electron chi connectivity index (χ3n) is 2.86. The average molecular weight is 220 g/mol. The van der Waals surface area contributed by atoms with Crippen LogP contribution in [0.25, 0.3) is 0 Å². The van der Waals surface area contributed by atoms with E-state index < -0.39 is 0 Å². The Labute approximate surface area is 99.7 Å². The number of nitrogens with zero attached hydrogens (tertiary/aromatic N) is 2. The zero-order chi connectivity index (χ0) is 11.8. The van der Waals surface area contributed by atoms with Crippen molar-refractivity contribution in [3.63, 3.8) is 0 Å². The molecule has 0 saturated carbocycles. The summed E-state index contributed by atoms with van der Waals surface area (Å²) in [7, 11) is 2.19. The van der Waals surface area contributed by atoms with Crippen LogP contribution in [0.4, 0.5) is 0 Å². The Hall–Kier alpha value is -0.890. The molecule has 1 aromatic rings. The summed E-state index contributed by atoms with van der Waals surface area (Å²) in [6, 6.07) is 6.00. The number of piperidine rings is 1. The van der Waals surface area contributed by atoms with Crippen LogP contribution in [0.15, 0.2) is 24.4 Å². The molecule has 1 aromatic heterocycles. The Kier molecular flexibility index (Phi) is 6.09. The fourth-order valence-electron chi connectivity index (χ4n) is 1.77. The molecule has 16 heavy (non-hydrogen) atoms. The van der Waals surface area contributed by atoms with Crippen LogP contribution in [-0.4, -0.2) is 30.0 Å². The summed E-state index contributed by atoms with van der Waals surface area (Å²) >= 11 is 0. The minimum Gasteiger partial charge on any atom is -0.306 e. The molecule has 90 valence electrons. The summed E-state index contributed by atoms with van der Waals surface area (Å²) in [4.78, 5) is 6.57. The van der Waals surface area contributed by atoms with Crippen molar-refractivity contribution in [2.75, 3.05) is 20.1 Å². The Bertz CT molecular complexity index is 263. The van der Waals surface area contributed by atoms with E-state index in [0.29, 0.717) is 5.92 Å². The molecule has 1 aliphatic rings. The lowest BCUT2D eigenvalue weighted by Gasteiger charge is -2.20. The molecular weight excluding hydrogens is 196 g/mol. The van der Waals surface area contributed by atoms with Crippen molar-refractivity contribution in [1.82, 2.24) is 9.88 Å². The van der Waals surface area contributed by atoms with E-state index in [1.54, 1.807) is 0 Å². The van der Waals surface area contributed by atoms with Crippen molar-refractivity contribution in [1.29, 1.82) is 0 Å². The second-order valence-electron chi connectivity index (χ2n) is 4.77. The zero-order valence-corrected chi connectivity index (χ0v) is 10.8. The molecule has 0 N–H and O–H groups in total. The van der Waals surface area contributed by atoms with Crippen LogP contribution in [0.1, 0.15) is 44.7 Å². The van der Waals surface area contributed by atoms with E-state index in [4.69, 9.17) is 0 Å². The number of aromatic nitrogens is 1. The van der Waals surface area contributed by atoms with Gasteiger partial charge in [-0.25, -0.2) is 0 Å². The maximum atomic E-state index is 4.18. The van der Waals surface area contributed by atoms with E-state index in [9.17, 15) is 0 Å². The van der Waals surface area contributed by atoms with E-state index in [1.165, 1.54) is 32.4 Å². The summed E-state index contributed by atoms with van der Waals surface area (Å²) in [6.07, 6.45) is 6.10. The van der Waals surface area contributed by atoms with Gasteiger partial charge in [-0.1, -0.05) is 26.3 Å². The van der Waals surface area contributed by atoms with Crippen molar-refractivity contribution < 1.29 is 0 Å². The lowest BCUT2D eigenvalue weighted by atomic mass is 10.1. The standard InChI is InChI=1S/C8H11N.C6H13N/c1-7(2)8-5-3-4-6-9-8;1-7-5-3-2-4-6-7/h3-7H,1-2H3;2-6H2,1H3. The van der Waals surface area contributed by atoms with Crippen molar-refractivity contribution in [2.45, 2.75) is 39.0 Å². The number of hydrogen-bond acceptors (Lipinski definition) is 2. The van der Waals surface area contributed by atoms with Crippen molar-refractivity contribution >= 4 is 0 Å². The van der Waals surface area contributed by atoms with Crippen LogP contribution in [0.5, 0.6) is 0 Å². The van der Waals surface area contributed by atoms with Gasteiger partial charge in [-0.3, -0.25) is 4.98 Å². The topological polar surface area (TPSA) is 16.1 Å². The first-order valence-corrected chi connectivity index (χ1v) is 6.29. The number of rotatable bonds is 1. The minimum absolute atomic E-state index is 0.547. The largest absolute Gasteiger partial charge is 0.306 e. The average Bonchev–Trinajstić information content (AvgIpc) is 2.32. The normalized spacial score (nSPS) is 16.8. The molecule has 2 rings (SSSR count). The molecule has 0 aliphatic carbocycles. The summed E-state index contributed by atoms with van der Waals surface area (Å²) < 4.78 is 0. The first-order chi connectivity index (χ1) is 7.70. The predicted molar refractivity (Wildman–Crippen MR) is 69.7 cm³/mol. The maximum Gasteiger partial charge on any atom is 0.0428 e.